The van der Waals surface area contributed by atoms with Crippen LogP contribution in [0.25, 0.3) is 0 Å². The molecule has 0 atom stereocenters. The molecule has 1 aromatic carbocycles. The second-order valence-electron chi connectivity index (χ2n) is 5.54. The highest BCUT2D eigenvalue weighted by atomic mass is 16.6. The Morgan fingerprint density at radius 2 is 1.79 bits per heavy atom. The van der Waals surface area contributed by atoms with Gasteiger partial charge in [0.2, 0.25) is 0 Å². The fraction of sp³-hybridized carbons (Fsp3) is 0.533. The van der Waals surface area contributed by atoms with Crippen LogP contribution in [0.15, 0.2) is 5.16 Å². The zero-order valence-corrected chi connectivity index (χ0v) is 12.4. The molecule has 1 aliphatic rings. The fourth-order valence-electron chi connectivity index (χ4n) is 2.47. The van der Waals surface area contributed by atoms with Crippen molar-refractivity contribution in [1.29, 1.82) is 0 Å². The molecule has 0 bridgehead atoms. The van der Waals surface area contributed by atoms with E-state index in [0.717, 1.165) is 33.7 Å². The molecule has 0 spiro atoms. The van der Waals surface area contributed by atoms with Crippen molar-refractivity contribution in [2.45, 2.75) is 46.6 Å². The molecule has 0 aliphatic carbocycles. The number of nitrogens with zero attached hydrogens (tertiary/aromatic N) is 1. The van der Waals surface area contributed by atoms with Gasteiger partial charge in [-0.05, 0) is 51.3 Å². The van der Waals surface area contributed by atoms with E-state index in [1.807, 2.05) is 34.6 Å². The van der Waals surface area contributed by atoms with Crippen LogP contribution < -0.4 is 4.74 Å². The molecule has 0 saturated carbocycles. The summed E-state index contributed by atoms with van der Waals surface area (Å²) in [6, 6.07) is 0. The number of benzene rings is 1. The standard InChI is InChI=1S/C15H21NO3/c1-8-9(2)14-11(10(3)13(8)17)7-12(16-18-6)15(4,5)19-14/h17H,7H2,1-6H3. The van der Waals surface area contributed by atoms with Gasteiger partial charge in [0, 0.05) is 12.0 Å². The van der Waals surface area contributed by atoms with Crippen LogP contribution >= 0.6 is 0 Å². The predicted octanol–water partition coefficient (Wildman–Crippen LogP) is 3.03. The molecule has 19 heavy (non-hydrogen) atoms. The van der Waals surface area contributed by atoms with Gasteiger partial charge in [-0.25, -0.2) is 0 Å². The van der Waals surface area contributed by atoms with Crippen LogP contribution in [-0.4, -0.2) is 23.5 Å². The molecule has 0 unspecified atom stereocenters. The lowest BCUT2D eigenvalue weighted by molar-refractivity contribution is 0.151. The minimum absolute atomic E-state index is 0.344. The van der Waals surface area contributed by atoms with Gasteiger partial charge in [-0.1, -0.05) is 5.16 Å². The normalized spacial score (nSPS) is 18.9. The van der Waals surface area contributed by atoms with Gasteiger partial charge in [0.15, 0.2) is 0 Å². The Hall–Kier alpha value is -1.71. The van der Waals surface area contributed by atoms with E-state index in [2.05, 4.69) is 5.16 Å². The molecular formula is C15H21NO3. The number of hydrogen-bond acceptors (Lipinski definition) is 4. The van der Waals surface area contributed by atoms with Gasteiger partial charge < -0.3 is 14.7 Å². The van der Waals surface area contributed by atoms with Crippen molar-refractivity contribution >= 4 is 5.71 Å². The monoisotopic (exact) mass is 263 g/mol. The highest BCUT2D eigenvalue weighted by molar-refractivity contribution is 5.96. The topological polar surface area (TPSA) is 51.0 Å². The van der Waals surface area contributed by atoms with Crippen LogP contribution in [0, 0.1) is 20.8 Å². The Labute approximate surface area is 114 Å². The van der Waals surface area contributed by atoms with E-state index in [0.29, 0.717) is 12.2 Å². The van der Waals surface area contributed by atoms with Crippen molar-refractivity contribution in [3.63, 3.8) is 0 Å². The quantitative estimate of drug-likeness (QED) is 0.792. The lowest BCUT2D eigenvalue weighted by Crippen LogP contribution is -2.43. The number of ether oxygens (including phenoxy) is 1. The molecule has 104 valence electrons. The Bertz CT molecular complexity index is 559. The summed E-state index contributed by atoms with van der Waals surface area (Å²) in [5.41, 5.74) is 4.05. The lowest BCUT2D eigenvalue weighted by atomic mass is 9.86. The van der Waals surface area contributed by atoms with E-state index < -0.39 is 5.60 Å². The Balaban J connectivity index is 2.66. The Kier molecular flexibility index (Phi) is 3.20. The lowest BCUT2D eigenvalue weighted by Gasteiger charge is -2.35. The molecule has 0 aromatic heterocycles. The zero-order valence-electron chi connectivity index (χ0n) is 12.4. The number of oxime groups is 1. The third-order valence-electron chi connectivity index (χ3n) is 3.94. The smallest absolute Gasteiger partial charge is 0.145 e. The van der Waals surface area contributed by atoms with E-state index in [1.165, 1.54) is 7.11 Å². The van der Waals surface area contributed by atoms with Crippen LogP contribution in [0.5, 0.6) is 11.5 Å². The average molecular weight is 263 g/mol. The van der Waals surface area contributed by atoms with Crippen LogP contribution in [0.1, 0.15) is 36.1 Å². The zero-order chi connectivity index (χ0) is 14.4. The fourth-order valence-corrected chi connectivity index (χ4v) is 2.47. The molecule has 1 N–H and O–H groups in total. The first kappa shape index (κ1) is 13.7. The second kappa shape index (κ2) is 4.44. The van der Waals surface area contributed by atoms with Gasteiger partial charge in [0.05, 0.1) is 0 Å². The third-order valence-corrected chi connectivity index (χ3v) is 3.94. The van der Waals surface area contributed by atoms with Gasteiger partial charge in [-0.15, -0.1) is 0 Å². The highest BCUT2D eigenvalue weighted by Crippen LogP contribution is 2.42. The minimum Gasteiger partial charge on any atom is -0.507 e. The van der Waals surface area contributed by atoms with E-state index in [9.17, 15) is 5.11 Å². The summed E-state index contributed by atoms with van der Waals surface area (Å²) in [5.74, 6) is 1.21. The van der Waals surface area contributed by atoms with E-state index in [1.54, 1.807) is 0 Å². The van der Waals surface area contributed by atoms with Gasteiger partial charge in [-0.2, -0.15) is 0 Å². The predicted molar refractivity (Wildman–Crippen MR) is 75.2 cm³/mol. The summed E-state index contributed by atoms with van der Waals surface area (Å²) in [4.78, 5) is 4.90. The van der Waals surface area contributed by atoms with Gasteiger partial charge in [0.25, 0.3) is 0 Å². The number of aromatic hydroxyl groups is 1. The minimum atomic E-state index is -0.496. The summed E-state index contributed by atoms with van der Waals surface area (Å²) in [6.45, 7) is 9.75. The molecule has 1 aliphatic heterocycles. The number of hydrogen-bond donors (Lipinski definition) is 1. The number of phenolic OH excluding ortho intramolecular Hbond substituents is 1. The number of fused-ring (bicyclic) bond motifs is 1. The van der Waals surface area contributed by atoms with Crippen LogP contribution in [0.3, 0.4) is 0 Å². The van der Waals surface area contributed by atoms with Crippen LogP contribution in [0.4, 0.5) is 0 Å². The van der Waals surface area contributed by atoms with Crippen molar-refractivity contribution in [2.75, 3.05) is 7.11 Å². The van der Waals surface area contributed by atoms with Gasteiger partial charge >= 0.3 is 0 Å². The molecule has 0 amide bonds. The first-order valence-corrected chi connectivity index (χ1v) is 6.40. The average Bonchev–Trinajstić information content (AvgIpc) is 2.35. The number of phenols is 1. The van der Waals surface area contributed by atoms with Crippen molar-refractivity contribution in [2.24, 2.45) is 5.16 Å². The maximum atomic E-state index is 10.2. The molecule has 2 rings (SSSR count). The van der Waals surface area contributed by atoms with Crippen molar-refractivity contribution in [1.82, 2.24) is 0 Å². The SMILES string of the molecule is CON=C1Cc2c(C)c(O)c(C)c(C)c2OC1(C)C. The van der Waals surface area contributed by atoms with E-state index in [4.69, 9.17) is 9.57 Å². The van der Waals surface area contributed by atoms with E-state index >= 15 is 0 Å². The largest absolute Gasteiger partial charge is 0.507 e. The summed E-state index contributed by atoms with van der Waals surface area (Å²) in [7, 11) is 1.53. The molecule has 0 fully saturated rings. The maximum Gasteiger partial charge on any atom is 0.145 e. The highest BCUT2D eigenvalue weighted by Gasteiger charge is 2.36. The molecule has 0 saturated heterocycles. The third kappa shape index (κ3) is 2.05. The summed E-state index contributed by atoms with van der Waals surface area (Å²) in [5, 5.41) is 14.2. The number of rotatable bonds is 1. The van der Waals surface area contributed by atoms with Gasteiger partial charge in [0.1, 0.15) is 29.9 Å². The van der Waals surface area contributed by atoms with Crippen LogP contribution in [-0.2, 0) is 11.3 Å². The first-order valence-electron chi connectivity index (χ1n) is 6.40. The van der Waals surface area contributed by atoms with Crippen LogP contribution in [0.2, 0.25) is 0 Å². The Morgan fingerprint density at radius 1 is 1.16 bits per heavy atom. The van der Waals surface area contributed by atoms with Crippen molar-refractivity contribution in [3.05, 3.63) is 22.3 Å². The summed E-state index contributed by atoms with van der Waals surface area (Å²) in [6.07, 6.45) is 0.636. The summed E-state index contributed by atoms with van der Waals surface area (Å²) >= 11 is 0. The Morgan fingerprint density at radius 3 is 2.37 bits per heavy atom. The van der Waals surface area contributed by atoms with Gasteiger partial charge in [-0.3, -0.25) is 0 Å². The molecular weight excluding hydrogens is 242 g/mol. The molecule has 1 heterocycles. The first-order chi connectivity index (χ1) is 8.79. The van der Waals surface area contributed by atoms with Crippen molar-refractivity contribution in [3.8, 4) is 11.5 Å². The molecule has 1 aromatic rings. The second-order valence-corrected chi connectivity index (χ2v) is 5.54. The maximum absolute atomic E-state index is 10.2. The van der Waals surface area contributed by atoms with E-state index in [-0.39, 0.29) is 0 Å². The molecule has 4 nitrogen and oxygen atoms in total. The van der Waals surface area contributed by atoms with Crippen molar-refractivity contribution < 1.29 is 14.7 Å². The molecule has 0 radical (unpaired) electrons. The summed E-state index contributed by atoms with van der Waals surface area (Å²) < 4.78 is 6.11. The molecule has 4 heteroatoms.